The number of aromatic nitrogens is 2. The molecular weight excluding hydrogens is 731 g/mol. The predicted octanol–water partition coefficient (Wildman–Crippen LogP) is 2.92. The van der Waals surface area contributed by atoms with E-state index in [0.29, 0.717) is 19.4 Å². The first-order valence-corrected chi connectivity index (χ1v) is 20.0. The quantitative estimate of drug-likeness (QED) is 0.136. The summed E-state index contributed by atoms with van der Waals surface area (Å²) in [5, 5.41) is 10.9. The van der Waals surface area contributed by atoms with Gasteiger partial charge in [-0.05, 0) is 69.3 Å². The molecule has 15 nitrogen and oxygen atoms in total. The molecule has 1 aliphatic carbocycles. The molecule has 4 rings (SSSR count). The maximum absolute atomic E-state index is 14.4. The molecule has 2 heterocycles. The molecule has 15 heteroatoms. The molecule has 1 aromatic carbocycles. The number of ketones is 1. The van der Waals surface area contributed by atoms with Gasteiger partial charge < -0.3 is 30.9 Å². The minimum Gasteiger partial charge on any atom is -0.458 e. The second-order valence-electron chi connectivity index (χ2n) is 16.8. The van der Waals surface area contributed by atoms with Crippen LogP contribution in [-0.4, -0.2) is 98.5 Å². The smallest absolute Gasteiger partial charge is 0.329 e. The van der Waals surface area contributed by atoms with E-state index in [4.69, 9.17) is 4.74 Å². The largest absolute Gasteiger partial charge is 0.458 e. The molecule has 2 fully saturated rings. The monoisotopic (exact) mass is 789 g/mol. The minimum absolute atomic E-state index is 0.0391. The van der Waals surface area contributed by atoms with Gasteiger partial charge in [-0.2, -0.15) is 0 Å². The molecule has 4 N–H and O–H groups in total. The Balaban J connectivity index is 1.52. The lowest BCUT2D eigenvalue weighted by Gasteiger charge is -2.34. The number of Topliss-reactive ketones (excluding diaryl/α,β-unsaturated/α-hetero) is 1. The first-order chi connectivity index (χ1) is 26.9. The fourth-order valence-corrected chi connectivity index (χ4v) is 7.59. The van der Waals surface area contributed by atoms with Crippen molar-refractivity contribution in [2.24, 2.45) is 23.7 Å². The summed E-state index contributed by atoms with van der Waals surface area (Å²) in [6.45, 7) is 14.3. The van der Waals surface area contributed by atoms with Gasteiger partial charge in [-0.1, -0.05) is 77.8 Å². The van der Waals surface area contributed by atoms with Crippen molar-refractivity contribution in [3.8, 4) is 0 Å². The Hall–Kier alpha value is -5.21. The number of fused-ring (bicyclic) bond motifs is 1. The van der Waals surface area contributed by atoms with Gasteiger partial charge in [0.05, 0.1) is 12.2 Å². The standard InChI is InChI=1S/C42H59N7O8/c1-9-14-29(35(50)39(54)46-30(41(56)57-42(6,7)8)21-26-15-11-10-12-16-26)45-38(53)34-28-18-13-17-27(28)23-49(34)40(55)33(25(4)5)48-37(52)32(24(2)3)47-36(51)31-22-43-19-20-44-31/h10-12,15-16,19-20,22,24-25,27-30,32-34H,9,13-14,17-18,21,23H2,1-8H3,(H,45,53)(H,46,54)(H,47,51)(H,48,52)/t27-,28-,29?,30-,32-,33-,34?/m0/s1. The number of esters is 1. The van der Waals surface area contributed by atoms with E-state index in [-0.39, 0.29) is 42.2 Å². The van der Waals surface area contributed by atoms with Crippen LogP contribution in [0.25, 0.3) is 0 Å². The van der Waals surface area contributed by atoms with Gasteiger partial charge in [0.2, 0.25) is 23.5 Å². The Morgan fingerprint density at radius 3 is 2.14 bits per heavy atom. The van der Waals surface area contributed by atoms with Crippen molar-refractivity contribution in [1.82, 2.24) is 36.1 Å². The number of likely N-dealkylation sites (tertiary alicyclic amines) is 1. The molecule has 1 aliphatic heterocycles. The Bertz CT molecular complexity index is 1750. The fraction of sp³-hybridized carbons (Fsp3) is 0.595. The van der Waals surface area contributed by atoms with Crippen molar-refractivity contribution in [3.63, 3.8) is 0 Å². The van der Waals surface area contributed by atoms with E-state index in [0.717, 1.165) is 18.4 Å². The normalized spacial score (nSPS) is 19.8. The maximum atomic E-state index is 14.4. The van der Waals surface area contributed by atoms with Gasteiger partial charge in [0, 0.05) is 25.4 Å². The molecule has 0 bridgehead atoms. The second-order valence-corrected chi connectivity index (χ2v) is 16.8. The van der Waals surface area contributed by atoms with Crippen LogP contribution in [0.4, 0.5) is 0 Å². The third-order valence-corrected chi connectivity index (χ3v) is 10.4. The lowest BCUT2D eigenvalue weighted by Crippen LogP contribution is -2.60. The third-order valence-electron chi connectivity index (χ3n) is 10.4. The topological polar surface area (TPSA) is 206 Å². The average molecular weight is 790 g/mol. The van der Waals surface area contributed by atoms with Crippen LogP contribution in [0.1, 0.15) is 104 Å². The zero-order valence-electron chi connectivity index (χ0n) is 34.4. The highest BCUT2D eigenvalue weighted by molar-refractivity contribution is 6.38. The number of benzene rings is 1. The second kappa shape index (κ2) is 19.8. The van der Waals surface area contributed by atoms with E-state index >= 15 is 0 Å². The van der Waals surface area contributed by atoms with Gasteiger partial charge >= 0.3 is 5.97 Å². The Morgan fingerprint density at radius 2 is 1.54 bits per heavy atom. The Kier molecular flexibility index (Phi) is 15.4. The van der Waals surface area contributed by atoms with Crippen molar-refractivity contribution in [2.75, 3.05) is 6.54 Å². The van der Waals surface area contributed by atoms with E-state index < -0.39 is 77.1 Å². The fourth-order valence-electron chi connectivity index (χ4n) is 7.59. The predicted molar refractivity (Wildman–Crippen MR) is 211 cm³/mol. The van der Waals surface area contributed by atoms with E-state index in [1.807, 2.05) is 13.0 Å². The molecule has 7 atom stereocenters. The average Bonchev–Trinajstić information content (AvgIpc) is 3.76. The molecule has 2 unspecified atom stereocenters. The molecule has 2 aromatic rings. The summed E-state index contributed by atoms with van der Waals surface area (Å²) >= 11 is 0. The van der Waals surface area contributed by atoms with Gasteiger partial charge in [0.25, 0.3) is 11.8 Å². The van der Waals surface area contributed by atoms with E-state index in [1.165, 1.54) is 23.5 Å². The van der Waals surface area contributed by atoms with E-state index in [2.05, 4.69) is 31.2 Å². The molecule has 1 saturated heterocycles. The number of rotatable bonds is 17. The summed E-state index contributed by atoms with van der Waals surface area (Å²) in [6.07, 6.45) is 7.15. The molecule has 1 aromatic heterocycles. The number of ether oxygens (including phenoxy) is 1. The van der Waals surface area contributed by atoms with Crippen molar-refractivity contribution in [2.45, 2.75) is 130 Å². The van der Waals surface area contributed by atoms with Crippen LogP contribution >= 0.6 is 0 Å². The van der Waals surface area contributed by atoms with E-state index in [9.17, 15) is 33.6 Å². The number of carbonyl (C=O) groups is 7. The highest BCUT2D eigenvalue weighted by Gasteiger charge is 2.51. The highest BCUT2D eigenvalue weighted by Crippen LogP contribution is 2.42. The number of carbonyl (C=O) groups excluding carboxylic acids is 7. The van der Waals surface area contributed by atoms with Crippen LogP contribution in [0.15, 0.2) is 48.9 Å². The van der Waals surface area contributed by atoms with Gasteiger partial charge in [-0.15, -0.1) is 0 Å². The number of nitrogens with one attached hydrogen (secondary N) is 4. The van der Waals surface area contributed by atoms with Crippen LogP contribution in [-0.2, 0) is 39.9 Å². The van der Waals surface area contributed by atoms with Gasteiger partial charge in [0.15, 0.2) is 0 Å². The molecule has 310 valence electrons. The lowest BCUT2D eigenvalue weighted by atomic mass is 9.92. The molecule has 0 radical (unpaired) electrons. The molecule has 57 heavy (non-hydrogen) atoms. The summed E-state index contributed by atoms with van der Waals surface area (Å²) in [5.41, 5.74) is -0.0554. The van der Waals surface area contributed by atoms with Crippen LogP contribution in [0.2, 0.25) is 0 Å². The summed E-state index contributed by atoms with van der Waals surface area (Å²) in [4.78, 5) is 105. The van der Waals surface area contributed by atoms with Crippen LogP contribution in [0.3, 0.4) is 0 Å². The van der Waals surface area contributed by atoms with Crippen LogP contribution in [0, 0.1) is 23.7 Å². The summed E-state index contributed by atoms with van der Waals surface area (Å²) in [7, 11) is 0. The zero-order chi connectivity index (χ0) is 42.0. The Morgan fingerprint density at radius 1 is 0.860 bits per heavy atom. The molecule has 0 spiro atoms. The minimum atomic E-state index is -1.22. The van der Waals surface area contributed by atoms with Gasteiger partial charge in [0.1, 0.15) is 35.5 Å². The van der Waals surface area contributed by atoms with Crippen molar-refractivity contribution < 1.29 is 38.3 Å². The van der Waals surface area contributed by atoms with Crippen molar-refractivity contribution in [1.29, 1.82) is 0 Å². The lowest BCUT2D eigenvalue weighted by molar-refractivity contribution is -0.159. The number of amides is 5. The first-order valence-electron chi connectivity index (χ1n) is 20.0. The van der Waals surface area contributed by atoms with Crippen molar-refractivity contribution in [3.05, 3.63) is 60.2 Å². The molecule has 1 saturated carbocycles. The first kappa shape index (κ1) is 44.5. The summed E-state index contributed by atoms with van der Waals surface area (Å²) in [6, 6.07) is 3.67. The molecule has 5 amide bonds. The number of hydrogen-bond donors (Lipinski definition) is 4. The van der Waals surface area contributed by atoms with Gasteiger partial charge in [-0.3, -0.25) is 33.8 Å². The summed E-state index contributed by atoms with van der Waals surface area (Å²) < 4.78 is 5.57. The van der Waals surface area contributed by atoms with Crippen LogP contribution < -0.4 is 21.3 Å². The van der Waals surface area contributed by atoms with Crippen molar-refractivity contribution >= 4 is 41.3 Å². The molecular formula is C42H59N7O8. The number of nitrogens with zero attached hydrogens (tertiary/aromatic N) is 3. The summed E-state index contributed by atoms with van der Waals surface area (Å²) in [5.74, 6) is -5.68. The highest BCUT2D eigenvalue weighted by atomic mass is 16.6. The number of hydrogen-bond acceptors (Lipinski definition) is 10. The molecule has 2 aliphatic rings. The van der Waals surface area contributed by atoms with Crippen LogP contribution in [0.5, 0.6) is 0 Å². The zero-order valence-corrected chi connectivity index (χ0v) is 34.4. The van der Waals surface area contributed by atoms with E-state index in [1.54, 1.807) is 72.7 Å². The SMILES string of the molecule is CCCC(NC(=O)C1[C@H]2CCC[C@H]2CN1C(=O)[C@@H](NC(=O)[C@@H](NC(=O)c1cnccn1)C(C)C)C(C)C)C(=O)C(=O)N[C@@H](Cc1ccccc1)C(=O)OC(C)(C)C. The van der Waals surface area contributed by atoms with Gasteiger partial charge in [-0.25, -0.2) is 9.78 Å². The third kappa shape index (κ3) is 11.9. The Labute approximate surface area is 335 Å². The maximum Gasteiger partial charge on any atom is 0.329 e.